The van der Waals surface area contributed by atoms with Crippen molar-refractivity contribution in [2.24, 2.45) is 0 Å². The van der Waals surface area contributed by atoms with Crippen molar-refractivity contribution in [3.05, 3.63) is 18.5 Å². The molecule has 90 valence electrons. The molecule has 0 bridgehead atoms. The Morgan fingerprint density at radius 2 is 2.25 bits per heavy atom. The summed E-state index contributed by atoms with van der Waals surface area (Å²) in [6.07, 6.45) is 8.58. The second kappa shape index (κ2) is 6.01. The molecular weight excluding hydrogens is 202 g/mol. The molecule has 16 heavy (non-hydrogen) atoms. The van der Waals surface area contributed by atoms with Crippen molar-refractivity contribution in [2.75, 3.05) is 19.7 Å². The summed E-state index contributed by atoms with van der Waals surface area (Å²) in [5.41, 5.74) is 0. The van der Waals surface area contributed by atoms with Gasteiger partial charge in [0.1, 0.15) is 0 Å². The highest BCUT2D eigenvalue weighted by atomic mass is 16.3. The van der Waals surface area contributed by atoms with E-state index in [9.17, 15) is 0 Å². The van der Waals surface area contributed by atoms with Gasteiger partial charge in [0.05, 0.1) is 6.54 Å². The third-order valence-corrected chi connectivity index (χ3v) is 3.39. The molecule has 2 rings (SSSR count). The third kappa shape index (κ3) is 3.06. The first-order chi connectivity index (χ1) is 7.90. The van der Waals surface area contributed by atoms with E-state index >= 15 is 0 Å². The molecule has 1 aliphatic heterocycles. The van der Waals surface area contributed by atoms with E-state index < -0.39 is 0 Å². The molecule has 0 radical (unpaired) electrons. The molecular formula is C12H21N3O. The van der Waals surface area contributed by atoms with Gasteiger partial charge in [-0.25, -0.2) is 0 Å². The van der Waals surface area contributed by atoms with Gasteiger partial charge in [-0.3, -0.25) is 9.58 Å². The minimum atomic E-state index is 0.308. The van der Waals surface area contributed by atoms with E-state index in [4.69, 9.17) is 5.11 Å². The van der Waals surface area contributed by atoms with Crippen LogP contribution in [0.15, 0.2) is 18.5 Å². The largest absolute Gasteiger partial charge is 0.396 e. The van der Waals surface area contributed by atoms with Crippen molar-refractivity contribution in [1.82, 2.24) is 14.7 Å². The van der Waals surface area contributed by atoms with E-state index in [-0.39, 0.29) is 0 Å². The summed E-state index contributed by atoms with van der Waals surface area (Å²) in [4.78, 5) is 2.50. The fourth-order valence-corrected chi connectivity index (χ4v) is 2.49. The molecule has 4 heteroatoms. The lowest BCUT2D eigenvalue weighted by molar-refractivity contribution is 0.114. The smallest absolute Gasteiger partial charge is 0.0536 e. The summed E-state index contributed by atoms with van der Waals surface area (Å²) in [6.45, 7) is 3.48. The van der Waals surface area contributed by atoms with Crippen molar-refractivity contribution < 1.29 is 5.11 Å². The summed E-state index contributed by atoms with van der Waals surface area (Å²) < 4.78 is 1.98. The summed E-state index contributed by atoms with van der Waals surface area (Å²) >= 11 is 0. The number of hydrogen-bond acceptors (Lipinski definition) is 3. The van der Waals surface area contributed by atoms with Crippen LogP contribution in [0.25, 0.3) is 0 Å². The number of likely N-dealkylation sites (tertiary alicyclic amines) is 1. The average Bonchev–Trinajstić information content (AvgIpc) is 2.81. The predicted octanol–water partition coefficient (Wildman–Crippen LogP) is 1.12. The molecule has 2 heterocycles. The Morgan fingerprint density at radius 1 is 1.31 bits per heavy atom. The van der Waals surface area contributed by atoms with Crippen LogP contribution in [0.5, 0.6) is 0 Å². The number of hydrogen-bond donors (Lipinski definition) is 1. The topological polar surface area (TPSA) is 41.3 Å². The van der Waals surface area contributed by atoms with Crippen LogP contribution < -0.4 is 0 Å². The molecule has 0 amide bonds. The molecule has 1 saturated heterocycles. The summed E-state index contributed by atoms with van der Waals surface area (Å²) in [5, 5.41) is 13.3. The standard InChI is InChI=1S/C12H21N3O/c16-11-5-12-4-1-2-7-14(12)9-10-15-8-3-6-13-15/h3,6,8,12,16H,1-2,4-5,7,9-11H2. The SMILES string of the molecule is OCCC1CCCCN1CCn1cccn1. The second-order valence-corrected chi connectivity index (χ2v) is 4.47. The normalized spacial score (nSPS) is 22.4. The molecule has 0 spiro atoms. The van der Waals surface area contributed by atoms with Gasteiger partial charge in [-0.15, -0.1) is 0 Å². The van der Waals surface area contributed by atoms with Gasteiger partial charge in [0, 0.05) is 31.6 Å². The van der Waals surface area contributed by atoms with Crippen LogP contribution in [0.3, 0.4) is 0 Å². The van der Waals surface area contributed by atoms with E-state index in [1.807, 2.05) is 23.1 Å². The van der Waals surface area contributed by atoms with Crippen molar-refractivity contribution in [3.8, 4) is 0 Å². The third-order valence-electron chi connectivity index (χ3n) is 3.39. The van der Waals surface area contributed by atoms with Crippen molar-refractivity contribution in [1.29, 1.82) is 0 Å². The van der Waals surface area contributed by atoms with Crippen molar-refractivity contribution in [2.45, 2.75) is 38.3 Å². The zero-order valence-electron chi connectivity index (χ0n) is 9.76. The molecule has 4 nitrogen and oxygen atoms in total. The van der Waals surface area contributed by atoms with E-state index in [1.54, 1.807) is 0 Å². The maximum absolute atomic E-state index is 9.04. The monoisotopic (exact) mass is 223 g/mol. The molecule has 1 aromatic rings. The number of aromatic nitrogens is 2. The van der Waals surface area contributed by atoms with Gasteiger partial charge in [0.15, 0.2) is 0 Å². The van der Waals surface area contributed by atoms with Crippen LogP contribution in [0.1, 0.15) is 25.7 Å². The Kier molecular flexibility index (Phi) is 4.36. The Labute approximate surface area is 96.9 Å². The van der Waals surface area contributed by atoms with Gasteiger partial charge in [-0.2, -0.15) is 5.10 Å². The van der Waals surface area contributed by atoms with Crippen molar-refractivity contribution >= 4 is 0 Å². The lowest BCUT2D eigenvalue weighted by Gasteiger charge is -2.35. The van der Waals surface area contributed by atoms with E-state index in [2.05, 4.69) is 10.00 Å². The van der Waals surface area contributed by atoms with Crippen LogP contribution >= 0.6 is 0 Å². The molecule has 0 saturated carbocycles. The van der Waals surface area contributed by atoms with E-state index in [0.717, 1.165) is 19.5 Å². The maximum atomic E-state index is 9.04. The highest BCUT2D eigenvalue weighted by Gasteiger charge is 2.21. The predicted molar refractivity (Wildman–Crippen MR) is 63.1 cm³/mol. The summed E-state index contributed by atoms with van der Waals surface area (Å²) in [7, 11) is 0. The Balaban J connectivity index is 1.81. The highest BCUT2D eigenvalue weighted by Crippen LogP contribution is 2.19. The highest BCUT2D eigenvalue weighted by molar-refractivity contribution is 4.80. The van der Waals surface area contributed by atoms with Gasteiger partial charge >= 0.3 is 0 Å². The molecule has 1 aromatic heterocycles. The molecule has 1 aliphatic rings. The van der Waals surface area contributed by atoms with E-state index in [0.29, 0.717) is 12.6 Å². The molecule has 1 atom stereocenters. The molecule has 0 aromatic carbocycles. The second-order valence-electron chi connectivity index (χ2n) is 4.47. The average molecular weight is 223 g/mol. The van der Waals surface area contributed by atoms with Gasteiger partial charge in [0.25, 0.3) is 0 Å². The molecule has 1 unspecified atom stereocenters. The fraction of sp³-hybridized carbons (Fsp3) is 0.750. The van der Waals surface area contributed by atoms with Crippen LogP contribution in [0.4, 0.5) is 0 Å². The van der Waals surface area contributed by atoms with Gasteiger partial charge in [-0.05, 0) is 31.9 Å². The molecule has 1 N–H and O–H groups in total. The molecule has 0 aliphatic carbocycles. The zero-order valence-corrected chi connectivity index (χ0v) is 9.76. The van der Waals surface area contributed by atoms with Crippen LogP contribution in [-0.4, -0.2) is 45.5 Å². The first-order valence-electron chi connectivity index (χ1n) is 6.22. The summed E-state index contributed by atoms with van der Waals surface area (Å²) in [6, 6.07) is 2.54. The maximum Gasteiger partial charge on any atom is 0.0536 e. The van der Waals surface area contributed by atoms with Gasteiger partial charge in [-0.1, -0.05) is 6.42 Å². The number of rotatable bonds is 5. The minimum Gasteiger partial charge on any atom is -0.396 e. The number of aliphatic hydroxyl groups is 1. The zero-order chi connectivity index (χ0) is 11.2. The van der Waals surface area contributed by atoms with E-state index in [1.165, 1.54) is 25.8 Å². The van der Waals surface area contributed by atoms with Crippen LogP contribution in [0.2, 0.25) is 0 Å². The molecule has 1 fully saturated rings. The lowest BCUT2D eigenvalue weighted by atomic mass is 10.00. The van der Waals surface area contributed by atoms with Crippen LogP contribution in [0, 0.1) is 0 Å². The number of aliphatic hydroxyl groups excluding tert-OH is 1. The number of piperidine rings is 1. The van der Waals surface area contributed by atoms with Crippen LogP contribution in [-0.2, 0) is 6.54 Å². The van der Waals surface area contributed by atoms with Gasteiger partial charge < -0.3 is 5.11 Å². The fourth-order valence-electron chi connectivity index (χ4n) is 2.49. The Bertz CT molecular complexity index is 284. The minimum absolute atomic E-state index is 0.308. The first kappa shape index (κ1) is 11.6. The Morgan fingerprint density at radius 3 is 3.00 bits per heavy atom. The van der Waals surface area contributed by atoms with Gasteiger partial charge in [0.2, 0.25) is 0 Å². The lowest BCUT2D eigenvalue weighted by Crippen LogP contribution is -2.41. The summed E-state index contributed by atoms with van der Waals surface area (Å²) in [5.74, 6) is 0. The van der Waals surface area contributed by atoms with Crippen molar-refractivity contribution in [3.63, 3.8) is 0 Å². The first-order valence-corrected chi connectivity index (χ1v) is 6.22. The Hall–Kier alpha value is -0.870. The quantitative estimate of drug-likeness (QED) is 0.813. The number of nitrogens with zero attached hydrogens (tertiary/aromatic N) is 3.